The molecule has 24 heavy (non-hydrogen) atoms. The lowest BCUT2D eigenvalue weighted by atomic mass is 10.2. The number of urea groups is 1. The summed E-state index contributed by atoms with van der Waals surface area (Å²) in [5.41, 5.74) is 1.14. The summed E-state index contributed by atoms with van der Waals surface area (Å²) in [5.74, 6) is -0.359. The molecule has 1 aromatic rings. The summed E-state index contributed by atoms with van der Waals surface area (Å²) in [5, 5.41) is 2.86. The summed E-state index contributed by atoms with van der Waals surface area (Å²) in [6.45, 7) is 6.78. The number of esters is 1. The normalized spacial score (nSPS) is 15.2. The van der Waals surface area contributed by atoms with E-state index in [1.54, 1.807) is 43.2 Å². The van der Waals surface area contributed by atoms with Gasteiger partial charge >= 0.3 is 12.0 Å². The van der Waals surface area contributed by atoms with Crippen LogP contribution in [-0.2, 0) is 9.47 Å². The molecule has 1 aliphatic heterocycles. The van der Waals surface area contributed by atoms with Crippen LogP contribution >= 0.6 is 0 Å². The van der Waals surface area contributed by atoms with E-state index in [-0.39, 0.29) is 12.0 Å². The van der Waals surface area contributed by atoms with Crippen molar-refractivity contribution in [3.8, 4) is 0 Å². The molecule has 1 fully saturated rings. The molecule has 1 N–H and O–H groups in total. The lowest BCUT2D eigenvalue weighted by Crippen LogP contribution is -2.50. The van der Waals surface area contributed by atoms with Crippen LogP contribution in [0.15, 0.2) is 24.3 Å². The van der Waals surface area contributed by atoms with Gasteiger partial charge in [0.05, 0.1) is 18.8 Å². The van der Waals surface area contributed by atoms with E-state index in [4.69, 9.17) is 9.47 Å². The van der Waals surface area contributed by atoms with Crippen molar-refractivity contribution in [1.29, 1.82) is 0 Å². The molecule has 1 aliphatic rings. The molecule has 0 bridgehead atoms. The highest BCUT2D eigenvalue weighted by molar-refractivity contribution is 5.92. The number of hydrogen-bond acceptors (Lipinski definition) is 5. The molecule has 0 aromatic heterocycles. The zero-order valence-electron chi connectivity index (χ0n) is 14.3. The summed E-state index contributed by atoms with van der Waals surface area (Å²) in [7, 11) is 1.69. The van der Waals surface area contributed by atoms with E-state index in [9.17, 15) is 9.59 Å². The summed E-state index contributed by atoms with van der Waals surface area (Å²) in [4.78, 5) is 28.0. The van der Waals surface area contributed by atoms with Crippen LogP contribution in [0, 0.1) is 0 Å². The molecule has 0 aliphatic carbocycles. The van der Waals surface area contributed by atoms with E-state index < -0.39 is 0 Å². The summed E-state index contributed by atoms with van der Waals surface area (Å²) in [6.07, 6.45) is 0. The van der Waals surface area contributed by atoms with Crippen LogP contribution in [0.5, 0.6) is 0 Å². The monoisotopic (exact) mass is 335 g/mol. The minimum Gasteiger partial charge on any atom is -0.462 e. The van der Waals surface area contributed by atoms with E-state index in [0.29, 0.717) is 37.6 Å². The molecule has 2 rings (SSSR count). The Kier molecular flexibility index (Phi) is 7.02. The van der Waals surface area contributed by atoms with Gasteiger partial charge in [0.1, 0.15) is 0 Å². The quantitative estimate of drug-likeness (QED) is 0.801. The minimum absolute atomic E-state index is 0.120. The van der Waals surface area contributed by atoms with Crippen LogP contribution in [0.25, 0.3) is 0 Å². The third kappa shape index (κ3) is 5.21. The molecule has 1 aromatic carbocycles. The molecular weight excluding hydrogens is 310 g/mol. The third-order valence-corrected chi connectivity index (χ3v) is 3.92. The lowest BCUT2D eigenvalue weighted by Gasteiger charge is -2.34. The van der Waals surface area contributed by atoms with Gasteiger partial charge in [0.2, 0.25) is 0 Å². The van der Waals surface area contributed by atoms with Crippen LogP contribution in [0.1, 0.15) is 17.3 Å². The maximum atomic E-state index is 12.3. The van der Waals surface area contributed by atoms with Crippen molar-refractivity contribution < 1.29 is 19.1 Å². The topological polar surface area (TPSA) is 71.1 Å². The molecule has 1 saturated heterocycles. The van der Waals surface area contributed by atoms with E-state index in [1.165, 1.54) is 0 Å². The number of carbonyl (C=O) groups is 2. The second kappa shape index (κ2) is 9.24. The Balaban J connectivity index is 1.81. The molecular formula is C17H25N3O4. The van der Waals surface area contributed by atoms with Gasteiger partial charge in [0.25, 0.3) is 0 Å². The maximum Gasteiger partial charge on any atom is 0.338 e. The number of rotatable bonds is 6. The number of benzene rings is 1. The van der Waals surface area contributed by atoms with Crippen LogP contribution in [-0.4, -0.2) is 74.8 Å². The Morgan fingerprint density at radius 3 is 2.38 bits per heavy atom. The van der Waals surface area contributed by atoms with Gasteiger partial charge < -0.3 is 19.7 Å². The largest absolute Gasteiger partial charge is 0.462 e. The fourth-order valence-corrected chi connectivity index (χ4v) is 2.50. The lowest BCUT2D eigenvalue weighted by molar-refractivity contribution is 0.0526. The average molecular weight is 335 g/mol. The van der Waals surface area contributed by atoms with Gasteiger partial charge in [-0.15, -0.1) is 0 Å². The Labute approximate surface area is 142 Å². The number of hydrogen-bond donors (Lipinski definition) is 1. The van der Waals surface area contributed by atoms with Crippen molar-refractivity contribution in [1.82, 2.24) is 9.80 Å². The zero-order valence-corrected chi connectivity index (χ0v) is 14.3. The van der Waals surface area contributed by atoms with Crippen molar-refractivity contribution in [2.75, 3.05) is 58.4 Å². The molecule has 0 saturated carbocycles. The number of amides is 2. The molecule has 0 unspecified atom stereocenters. The summed E-state index contributed by atoms with van der Waals surface area (Å²) < 4.78 is 10.0. The number of nitrogens with zero attached hydrogens (tertiary/aromatic N) is 2. The van der Waals surface area contributed by atoms with Crippen molar-refractivity contribution in [2.45, 2.75) is 6.92 Å². The highest BCUT2D eigenvalue weighted by Crippen LogP contribution is 2.12. The van der Waals surface area contributed by atoms with Gasteiger partial charge in [-0.25, -0.2) is 9.59 Å². The van der Waals surface area contributed by atoms with Crippen molar-refractivity contribution in [3.63, 3.8) is 0 Å². The Morgan fingerprint density at radius 1 is 1.12 bits per heavy atom. The summed E-state index contributed by atoms with van der Waals surface area (Å²) >= 11 is 0. The molecule has 0 spiro atoms. The van der Waals surface area contributed by atoms with E-state index >= 15 is 0 Å². The van der Waals surface area contributed by atoms with Crippen molar-refractivity contribution in [2.24, 2.45) is 0 Å². The van der Waals surface area contributed by atoms with Crippen LogP contribution in [0.4, 0.5) is 10.5 Å². The molecule has 0 radical (unpaired) electrons. The van der Waals surface area contributed by atoms with E-state index in [2.05, 4.69) is 10.2 Å². The van der Waals surface area contributed by atoms with Crippen LogP contribution < -0.4 is 5.32 Å². The van der Waals surface area contributed by atoms with Crippen molar-refractivity contribution >= 4 is 17.7 Å². The molecule has 0 atom stereocenters. The minimum atomic E-state index is -0.359. The molecule has 1 heterocycles. The SMILES string of the molecule is CCOC(=O)c1ccc(NC(=O)N2CCN(CCOC)CC2)cc1. The molecule has 2 amide bonds. The predicted molar refractivity (Wildman–Crippen MR) is 91.3 cm³/mol. The number of piperazine rings is 1. The Hall–Kier alpha value is -2.12. The predicted octanol–water partition coefficient (Wildman–Crippen LogP) is 1.66. The highest BCUT2D eigenvalue weighted by Gasteiger charge is 2.20. The fraction of sp³-hybridized carbons (Fsp3) is 0.529. The average Bonchev–Trinajstić information content (AvgIpc) is 2.61. The second-order valence-electron chi connectivity index (χ2n) is 5.55. The van der Waals surface area contributed by atoms with Gasteiger partial charge in [0.15, 0.2) is 0 Å². The number of anilines is 1. The van der Waals surface area contributed by atoms with E-state index in [0.717, 1.165) is 19.6 Å². The summed E-state index contributed by atoms with van der Waals surface area (Å²) in [6, 6.07) is 6.59. The number of methoxy groups -OCH3 is 1. The Bertz CT molecular complexity index is 539. The van der Waals surface area contributed by atoms with Gasteiger partial charge in [-0.05, 0) is 31.2 Å². The standard InChI is InChI=1S/C17H25N3O4/c1-3-24-16(21)14-4-6-15(7-5-14)18-17(22)20-10-8-19(9-11-20)12-13-23-2/h4-7H,3,8-13H2,1-2H3,(H,18,22). The van der Waals surface area contributed by atoms with Crippen LogP contribution in [0.2, 0.25) is 0 Å². The van der Waals surface area contributed by atoms with Crippen LogP contribution in [0.3, 0.4) is 0 Å². The first-order valence-corrected chi connectivity index (χ1v) is 8.18. The number of carbonyl (C=O) groups excluding carboxylic acids is 2. The first kappa shape index (κ1) is 18.2. The Morgan fingerprint density at radius 2 is 1.79 bits per heavy atom. The molecule has 7 nitrogen and oxygen atoms in total. The molecule has 132 valence electrons. The molecule has 7 heteroatoms. The zero-order chi connectivity index (χ0) is 17.4. The maximum absolute atomic E-state index is 12.3. The first-order chi connectivity index (χ1) is 11.6. The van der Waals surface area contributed by atoms with Crippen molar-refractivity contribution in [3.05, 3.63) is 29.8 Å². The second-order valence-corrected chi connectivity index (χ2v) is 5.55. The number of nitrogens with one attached hydrogen (secondary N) is 1. The smallest absolute Gasteiger partial charge is 0.338 e. The van der Waals surface area contributed by atoms with Gasteiger partial charge in [0, 0.05) is 45.5 Å². The number of ether oxygens (including phenoxy) is 2. The fourth-order valence-electron chi connectivity index (χ4n) is 2.50. The van der Waals surface area contributed by atoms with Gasteiger partial charge in [-0.2, -0.15) is 0 Å². The van der Waals surface area contributed by atoms with Gasteiger partial charge in [-0.3, -0.25) is 4.90 Å². The first-order valence-electron chi connectivity index (χ1n) is 8.18. The van der Waals surface area contributed by atoms with E-state index in [1.807, 2.05) is 0 Å². The third-order valence-electron chi connectivity index (χ3n) is 3.92. The highest BCUT2D eigenvalue weighted by atomic mass is 16.5. The van der Waals surface area contributed by atoms with Gasteiger partial charge in [-0.1, -0.05) is 0 Å².